The number of hydrogen-bond acceptors (Lipinski definition) is 3. The topological polar surface area (TPSA) is 38.1 Å². The minimum atomic E-state index is -0.190. The molecule has 0 radical (unpaired) electrons. The number of hydrogen-bond donors (Lipinski definition) is 0. The Labute approximate surface area is 127 Å². The van der Waals surface area contributed by atoms with Crippen molar-refractivity contribution < 1.29 is 4.79 Å². The van der Waals surface area contributed by atoms with Gasteiger partial charge in [-0.1, -0.05) is 29.4 Å². The fourth-order valence-electron chi connectivity index (χ4n) is 1.77. The summed E-state index contributed by atoms with van der Waals surface area (Å²) in [4.78, 5) is 17.8. The quantitative estimate of drug-likeness (QED) is 0.815. The standard InChI is InChI=1S/C14H16ClN3OS/c1-10(13(19)17(2)3)20-14-16-7-8-18(14)12-6-4-5-11(15)9-12/h4-10H,1-3H3. The van der Waals surface area contributed by atoms with Gasteiger partial charge in [-0.2, -0.15) is 0 Å². The first-order valence-corrected chi connectivity index (χ1v) is 7.42. The molecule has 106 valence electrons. The van der Waals surface area contributed by atoms with E-state index in [-0.39, 0.29) is 11.2 Å². The Morgan fingerprint density at radius 3 is 2.85 bits per heavy atom. The average molecular weight is 310 g/mol. The largest absolute Gasteiger partial charge is 0.348 e. The third-order valence-electron chi connectivity index (χ3n) is 2.76. The van der Waals surface area contributed by atoms with Gasteiger partial charge in [0.15, 0.2) is 5.16 Å². The van der Waals surface area contributed by atoms with Gasteiger partial charge in [-0.15, -0.1) is 0 Å². The van der Waals surface area contributed by atoms with E-state index in [0.29, 0.717) is 5.02 Å². The Kier molecular flexibility index (Phi) is 4.73. The van der Waals surface area contributed by atoms with E-state index >= 15 is 0 Å². The molecule has 6 heteroatoms. The Bertz CT molecular complexity index is 612. The number of halogens is 1. The zero-order valence-corrected chi connectivity index (χ0v) is 13.1. The van der Waals surface area contributed by atoms with Gasteiger partial charge in [-0.3, -0.25) is 9.36 Å². The summed E-state index contributed by atoms with van der Waals surface area (Å²) in [6.45, 7) is 1.88. The number of rotatable bonds is 4. The van der Waals surface area contributed by atoms with Crippen molar-refractivity contribution in [3.05, 3.63) is 41.7 Å². The summed E-state index contributed by atoms with van der Waals surface area (Å²) >= 11 is 7.44. The van der Waals surface area contributed by atoms with E-state index in [2.05, 4.69) is 4.98 Å². The number of nitrogens with zero attached hydrogens (tertiary/aromatic N) is 3. The second kappa shape index (κ2) is 6.33. The molecular weight excluding hydrogens is 294 g/mol. The summed E-state index contributed by atoms with van der Waals surface area (Å²) in [5.41, 5.74) is 0.932. The number of carbonyl (C=O) groups excluding carboxylic acids is 1. The van der Waals surface area contributed by atoms with Gasteiger partial charge in [0.2, 0.25) is 5.91 Å². The molecule has 20 heavy (non-hydrogen) atoms. The van der Waals surface area contributed by atoms with E-state index in [1.807, 2.05) is 42.0 Å². The van der Waals surface area contributed by atoms with Gasteiger partial charge in [0, 0.05) is 37.2 Å². The second-order valence-electron chi connectivity index (χ2n) is 4.55. The molecule has 0 spiro atoms. The molecule has 0 aliphatic rings. The number of aromatic nitrogens is 2. The van der Waals surface area contributed by atoms with Gasteiger partial charge in [0.25, 0.3) is 0 Å². The van der Waals surface area contributed by atoms with Crippen LogP contribution in [0, 0.1) is 0 Å². The fourth-order valence-corrected chi connectivity index (χ4v) is 2.99. The minimum absolute atomic E-state index is 0.0654. The van der Waals surface area contributed by atoms with E-state index in [9.17, 15) is 4.79 Å². The number of amides is 1. The van der Waals surface area contributed by atoms with Crippen molar-refractivity contribution in [2.24, 2.45) is 0 Å². The zero-order chi connectivity index (χ0) is 14.7. The molecule has 1 atom stereocenters. The predicted molar refractivity (Wildman–Crippen MR) is 82.6 cm³/mol. The highest BCUT2D eigenvalue weighted by molar-refractivity contribution is 8.00. The SMILES string of the molecule is CC(Sc1nccn1-c1cccc(Cl)c1)C(=O)N(C)C. The summed E-state index contributed by atoms with van der Waals surface area (Å²) in [6, 6.07) is 7.54. The maximum atomic E-state index is 11.9. The lowest BCUT2D eigenvalue weighted by Crippen LogP contribution is -2.29. The number of imidazole rings is 1. The highest BCUT2D eigenvalue weighted by Crippen LogP contribution is 2.26. The number of thioether (sulfide) groups is 1. The number of benzene rings is 1. The van der Waals surface area contributed by atoms with Gasteiger partial charge in [0.05, 0.1) is 5.25 Å². The third-order valence-corrected chi connectivity index (χ3v) is 4.07. The summed E-state index contributed by atoms with van der Waals surface area (Å²) in [5.74, 6) is 0.0654. The summed E-state index contributed by atoms with van der Waals surface area (Å²) in [7, 11) is 3.51. The first kappa shape index (κ1) is 14.9. The lowest BCUT2D eigenvalue weighted by Gasteiger charge is -2.16. The van der Waals surface area contributed by atoms with E-state index in [1.54, 1.807) is 25.2 Å². The maximum Gasteiger partial charge on any atom is 0.235 e. The second-order valence-corrected chi connectivity index (χ2v) is 6.30. The first-order valence-electron chi connectivity index (χ1n) is 6.16. The van der Waals surface area contributed by atoms with Crippen LogP contribution in [0.2, 0.25) is 5.02 Å². The van der Waals surface area contributed by atoms with E-state index in [0.717, 1.165) is 10.8 Å². The van der Waals surface area contributed by atoms with Crippen LogP contribution in [0.15, 0.2) is 41.8 Å². The number of carbonyl (C=O) groups is 1. The summed E-state index contributed by atoms with van der Waals surface area (Å²) in [5, 5.41) is 1.25. The summed E-state index contributed by atoms with van der Waals surface area (Å²) < 4.78 is 1.93. The Hall–Kier alpha value is -1.46. The molecule has 2 rings (SSSR count). The van der Waals surface area contributed by atoms with E-state index in [1.165, 1.54) is 11.8 Å². The molecule has 2 aromatic rings. The van der Waals surface area contributed by atoms with Crippen LogP contribution in [0.25, 0.3) is 5.69 Å². The van der Waals surface area contributed by atoms with Crippen molar-refractivity contribution >= 4 is 29.3 Å². The van der Waals surface area contributed by atoms with Gasteiger partial charge in [-0.25, -0.2) is 4.98 Å². The van der Waals surface area contributed by atoms with Crippen molar-refractivity contribution in [1.29, 1.82) is 0 Å². The van der Waals surface area contributed by atoms with Crippen molar-refractivity contribution in [2.45, 2.75) is 17.3 Å². The van der Waals surface area contributed by atoms with Crippen LogP contribution in [0.3, 0.4) is 0 Å². The Morgan fingerprint density at radius 2 is 2.20 bits per heavy atom. The van der Waals surface area contributed by atoms with Crippen molar-refractivity contribution in [3.8, 4) is 5.69 Å². The van der Waals surface area contributed by atoms with Gasteiger partial charge < -0.3 is 4.90 Å². The van der Waals surface area contributed by atoms with Crippen LogP contribution in [-0.2, 0) is 4.79 Å². The predicted octanol–water partition coefficient (Wildman–Crippen LogP) is 3.09. The molecule has 4 nitrogen and oxygen atoms in total. The van der Waals surface area contributed by atoms with Crippen molar-refractivity contribution in [1.82, 2.24) is 14.5 Å². The van der Waals surface area contributed by atoms with Gasteiger partial charge in [0.1, 0.15) is 0 Å². The molecule has 0 bridgehead atoms. The third kappa shape index (κ3) is 3.35. The highest BCUT2D eigenvalue weighted by atomic mass is 35.5. The fraction of sp³-hybridized carbons (Fsp3) is 0.286. The minimum Gasteiger partial charge on any atom is -0.348 e. The maximum absolute atomic E-state index is 11.9. The average Bonchev–Trinajstić information content (AvgIpc) is 2.85. The molecule has 1 amide bonds. The molecule has 0 fully saturated rings. The molecule has 1 unspecified atom stereocenters. The normalized spacial score (nSPS) is 12.2. The van der Waals surface area contributed by atoms with Crippen LogP contribution >= 0.6 is 23.4 Å². The smallest absolute Gasteiger partial charge is 0.235 e. The molecule has 1 aromatic carbocycles. The lowest BCUT2D eigenvalue weighted by atomic mass is 10.3. The Balaban J connectivity index is 2.23. The van der Waals surface area contributed by atoms with Crippen LogP contribution in [0.4, 0.5) is 0 Å². The van der Waals surface area contributed by atoms with Gasteiger partial charge >= 0.3 is 0 Å². The van der Waals surface area contributed by atoms with Crippen LogP contribution < -0.4 is 0 Å². The molecule has 0 aliphatic carbocycles. The summed E-state index contributed by atoms with van der Waals surface area (Å²) in [6.07, 6.45) is 3.58. The van der Waals surface area contributed by atoms with E-state index in [4.69, 9.17) is 11.6 Å². The zero-order valence-electron chi connectivity index (χ0n) is 11.6. The molecule has 0 saturated heterocycles. The van der Waals surface area contributed by atoms with Gasteiger partial charge in [-0.05, 0) is 25.1 Å². The van der Waals surface area contributed by atoms with Crippen molar-refractivity contribution in [3.63, 3.8) is 0 Å². The monoisotopic (exact) mass is 309 g/mol. The molecule has 0 N–H and O–H groups in total. The van der Waals surface area contributed by atoms with Crippen LogP contribution in [0.1, 0.15) is 6.92 Å². The van der Waals surface area contributed by atoms with Crippen molar-refractivity contribution in [2.75, 3.05) is 14.1 Å². The molecular formula is C14H16ClN3OS. The van der Waals surface area contributed by atoms with Crippen LogP contribution in [0.5, 0.6) is 0 Å². The molecule has 0 aliphatic heterocycles. The van der Waals surface area contributed by atoms with E-state index < -0.39 is 0 Å². The molecule has 0 saturated carbocycles. The molecule has 1 heterocycles. The van der Waals surface area contributed by atoms with Crippen LogP contribution in [-0.4, -0.2) is 39.7 Å². The molecule has 1 aromatic heterocycles. The first-order chi connectivity index (χ1) is 9.49. The lowest BCUT2D eigenvalue weighted by molar-refractivity contribution is -0.127. The Morgan fingerprint density at radius 1 is 1.45 bits per heavy atom. The highest BCUT2D eigenvalue weighted by Gasteiger charge is 2.19.